The van der Waals surface area contributed by atoms with E-state index >= 15 is 0 Å². The summed E-state index contributed by atoms with van der Waals surface area (Å²) in [5, 5.41) is 14.8. The number of pyridine rings is 1. The zero-order valence-electron chi connectivity index (χ0n) is 18.1. The van der Waals surface area contributed by atoms with Gasteiger partial charge in [-0.2, -0.15) is 0 Å². The van der Waals surface area contributed by atoms with Crippen molar-refractivity contribution in [1.29, 1.82) is 0 Å². The van der Waals surface area contributed by atoms with E-state index in [-0.39, 0.29) is 17.1 Å². The van der Waals surface area contributed by atoms with Crippen LogP contribution in [-0.2, 0) is 9.47 Å². The first-order valence-electron chi connectivity index (χ1n) is 12.3. The molecule has 0 unspecified atom stereocenters. The molecule has 2 N–H and O–H groups in total. The van der Waals surface area contributed by atoms with Gasteiger partial charge in [0.25, 0.3) is 0 Å². The van der Waals surface area contributed by atoms with Crippen molar-refractivity contribution in [3.63, 3.8) is 0 Å². The maximum atomic E-state index is 10.1. The standard InChI is InChI=1S/C26H32N2O3/c29-23-4-3-22(21-2-1-9-27-24(21)23)28-20-5-7-25(8-6-20)30-15-26(31-25)18-11-16-10-17(13-18)14-19(26)12-16/h1-4,9,16-20,28-29H,5-8,10-15H2. The summed E-state index contributed by atoms with van der Waals surface area (Å²) in [6.07, 6.45) is 12.7. The Morgan fingerprint density at radius 1 is 0.968 bits per heavy atom. The second-order valence-electron chi connectivity index (χ2n) is 11.0. The van der Waals surface area contributed by atoms with Crippen molar-refractivity contribution in [2.45, 2.75) is 75.2 Å². The summed E-state index contributed by atoms with van der Waals surface area (Å²) in [5.74, 6) is 3.26. The fraction of sp³-hybridized carbons (Fsp3) is 0.654. The summed E-state index contributed by atoms with van der Waals surface area (Å²) >= 11 is 0. The number of nitrogens with zero attached hydrogens (tertiary/aromatic N) is 1. The van der Waals surface area contributed by atoms with Gasteiger partial charge in [0.15, 0.2) is 5.79 Å². The maximum Gasteiger partial charge on any atom is 0.169 e. The first-order chi connectivity index (χ1) is 15.1. The number of phenols is 1. The van der Waals surface area contributed by atoms with E-state index in [9.17, 15) is 5.11 Å². The van der Waals surface area contributed by atoms with Crippen LogP contribution < -0.4 is 5.32 Å². The van der Waals surface area contributed by atoms with Gasteiger partial charge in [0.2, 0.25) is 0 Å². The van der Waals surface area contributed by atoms with Crippen molar-refractivity contribution >= 4 is 16.6 Å². The molecule has 1 saturated heterocycles. The molecule has 2 aromatic rings. The number of aromatic nitrogens is 1. The molecule has 2 heterocycles. The highest BCUT2D eigenvalue weighted by Crippen LogP contribution is 2.63. The van der Waals surface area contributed by atoms with Gasteiger partial charge in [0.05, 0.1) is 6.61 Å². The molecule has 5 heteroatoms. The van der Waals surface area contributed by atoms with Crippen LogP contribution in [0.15, 0.2) is 30.5 Å². The minimum absolute atomic E-state index is 0.0204. The highest BCUT2D eigenvalue weighted by atomic mass is 16.8. The third-order valence-electron chi connectivity index (χ3n) is 9.31. The van der Waals surface area contributed by atoms with Gasteiger partial charge in [-0.15, -0.1) is 0 Å². The number of fused-ring (bicyclic) bond motifs is 1. The molecule has 6 fully saturated rings. The van der Waals surface area contributed by atoms with E-state index in [0.29, 0.717) is 11.6 Å². The van der Waals surface area contributed by atoms with Crippen molar-refractivity contribution in [1.82, 2.24) is 4.98 Å². The van der Waals surface area contributed by atoms with Crippen LogP contribution in [0.1, 0.15) is 57.8 Å². The van der Waals surface area contributed by atoms with Gasteiger partial charge in [-0.25, -0.2) is 0 Å². The Morgan fingerprint density at radius 2 is 1.71 bits per heavy atom. The fourth-order valence-electron chi connectivity index (χ4n) is 7.99. The Bertz CT molecular complexity index is 985. The Kier molecular flexibility index (Phi) is 3.97. The van der Waals surface area contributed by atoms with Crippen LogP contribution in [0.4, 0.5) is 5.69 Å². The molecular formula is C26H32N2O3. The predicted molar refractivity (Wildman–Crippen MR) is 119 cm³/mol. The lowest BCUT2D eigenvalue weighted by molar-refractivity contribution is -0.251. The molecular weight excluding hydrogens is 388 g/mol. The number of anilines is 1. The van der Waals surface area contributed by atoms with E-state index in [4.69, 9.17) is 9.47 Å². The van der Waals surface area contributed by atoms with E-state index in [1.165, 1.54) is 32.1 Å². The zero-order valence-corrected chi connectivity index (χ0v) is 18.1. The van der Waals surface area contributed by atoms with Gasteiger partial charge in [-0.3, -0.25) is 4.98 Å². The van der Waals surface area contributed by atoms with Crippen LogP contribution >= 0.6 is 0 Å². The summed E-state index contributed by atoms with van der Waals surface area (Å²) in [7, 11) is 0. The van der Waals surface area contributed by atoms with Crippen LogP contribution in [0.3, 0.4) is 0 Å². The number of ether oxygens (including phenoxy) is 2. The Morgan fingerprint density at radius 3 is 2.45 bits per heavy atom. The summed E-state index contributed by atoms with van der Waals surface area (Å²) in [4.78, 5) is 4.35. The van der Waals surface area contributed by atoms with E-state index in [0.717, 1.165) is 67.0 Å². The molecule has 0 radical (unpaired) electrons. The lowest BCUT2D eigenvalue weighted by Gasteiger charge is -2.59. The molecule has 8 rings (SSSR count). The molecule has 1 aromatic heterocycles. The summed E-state index contributed by atoms with van der Waals surface area (Å²) in [5.41, 5.74) is 1.73. The first-order valence-corrected chi connectivity index (χ1v) is 12.3. The molecule has 5 nitrogen and oxygen atoms in total. The highest BCUT2D eigenvalue weighted by Gasteiger charge is 2.64. The van der Waals surface area contributed by atoms with Gasteiger partial charge >= 0.3 is 0 Å². The van der Waals surface area contributed by atoms with E-state index in [1.54, 1.807) is 12.3 Å². The fourth-order valence-corrected chi connectivity index (χ4v) is 7.99. The molecule has 2 spiro atoms. The average molecular weight is 421 g/mol. The van der Waals surface area contributed by atoms with Crippen LogP contribution in [0.25, 0.3) is 10.9 Å². The minimum atomic E-state index is -0.355. The predicted octanol–water partition coefficient (Wildman–Crippen LogP) is 5.23. The molecule has 6 aliphatic rings. The van der Waals surface area contributed by atoms with Gasteiger partial charge in [-0.1, -0.05) is 0 Å². The molecule has 5 saturated carbocycles. The molecule has 1 aliphatic heterocycles. The largest absolute Gasteiger partial charge is 0.506 e. The Balaban J connectivity index is 1.06. The molecule has 1 aromatic carbocycles. The van der Waals surface area contributed by atoms with E-state index < -0.39 is 0 Å². The number of aromatic hydroxyl groups is 1. The van der Waals surface area contributed by atoms with Crippen molar-refractivity contribution in [2.75, 3.05) is 11.9 Å². The average Bonchev–Trinajstić information content (AvgIpc) is 3.16. The number of hydrogen-bond acceptors (Lipinski definition) is 5. The second-order valence-corrected chi connectivity index (χ2v) is 11.0. The first kappa shape index (κ1) is 18.7. The number of nitrogens with one attached hydrogen (secondary N) is 1. The monoisotopic (exact) mass is 420 g/mol. The Labute approximate surface area is 183 Å². The third kappa shape index (κ3) is 2.78. The number of benzene rings is 1. The maximum absolute atomic E-state index is 10.1. The summed E-state index contributed by atoms with van der Waals surface area (Å²) < 4.78 is 13.6. The number of phenolic OH excluding ortho intramolecular Hbond substituents is 1. The van der Waals surface area contributed by atoms with Gasteiger partial charge in [0, 0.05) is 36.2 Å². The Hall–Kier alpha value is -1.85. The van der Waals surface area contributed by atoms with Crippen LogP contribution in [0.2, 0.25) is 0 Å². The van der Waals surface area contributed by atoms with Gasteiger partial charge < -0.3 is 19.9 Å². The molecule has 5 aliphatic carbocycles. The topological polar surface area (TPSA) is 63.6 Å². The van der Waals surface area contributed by atoms with Crippen LogP contribution in [0.5, 0.6) is 5.75 Å². The van der Waals surface area contributed by atoms with Crippen LogP contribution in [0, 0.1) is 23.7 Å². The van der Waals surface area contributed by atoms with Crippen LogP contribution in [-0.4, -0.2) is 34.1 Å². The minimum Gasteiger partial charge on any atom is -0.506 e. The van der Waals surface area contributed by atoms with Gasteiger partial charge in [-0.05, 0) is 92.9 Å². The van der Waals surface area contributed by atoms with Gasteiger partial charge in [0.1, 0.15) is 16.9 Å². The van der Waals surface area contributed by atoms with E-state index in [1.807, 2.05) is 18.2 Å². The van der Waals surface area contributed by atoms with Crippen molar-refractivity contribution in [3.8, 4) is 5.75 Å². The SMILES string of the molecule is Oc1ccc(NC2CCC3(CC2)OCC2(O3)C3CC4CC(C3)CC2C4)c2cccnc12. The normalized spacial score (nSPS) is 43.3. The van der Waals surface area contributed by atoms with Crippen molar-refractivity contribution in [2.24, 2.45) is 23.7 Å². The van der Waals surface area contributed by atoms with E-state index in [2.05, 4.69) is 10.3 Å². The lowest BCUT2D eigenvalue weighted by Crippen LogP contribution is -2.60. The molecule has 31 heavy (non-hydrogen) atoms. The molecule has 0 amide bonds. The second kappa shape index (κ2) is 6.58. The summed E-state index contributed by atoms with van der Waals surface area (Å²) in [6, 6.07) is 8.04. The smallest absolute Gasteiger partial charge is 0.169 e. The number of hydrogen-bond donors (Lipinski definition) is 2. The van der Waals surface area contributed by atoms with Crippen molar-refractivity contribution in [3.05, 3.63) is 30.5 Å². The molecule has 164 valence electrons. The quantitative estimate of drug-likeness (QED) is 0.651. The summed E-state index contributed by atoms with van der Waals surface area (Å²) in [6.45, 7) is 0.828. The highest BCUT2D eigenvalue weighted by molar-refractivity contribution is 5.95. The van der Waals surface area contributed by atoms with Crippen molar-refractivity contribution < 1.29 is 14.6 Å². The third-order valence-corrected chi connectivity index (χ3v) is 9.31. The number of rotatable bonds is 2. The molecule has 4 bridgehead atoms. The zero-order chi connectivity index (χ0) is 20.6. The lowest BCUT2D eigenvalue weighted by atomic mass is 9.50. The molecule has 0 atom stereocenters.